The number of hydrogen-bond acceptors (Lipinski definition) is 4. The highest BCUT2D eigenvalue weighted by Crippen LogP contribution is 2.37. The van der Waals surface area contributed by atoms with Crippen molar-refractivity contribution in [3.63, 3.8) is 0 Å². The van der Waals surface area contributed by atoms with Crippen LogP contribution >= 0.6 is 0 Å². The van der Waals surface area contributed by atoms with E-state index in [0.29, 0.717) is 11.5 Å². The molecule has 2 rings (SSSR count). The number of likely N-dealkylation sites (tertiary alicyclic amines) is 1. The van der Waals surface area contributed by atoms with E-state index in [9.17, 15) is 5.11 Å². The molecule has 4 heteroatoms. The number of phenols is 1. The fourth-order valence-corrected chi connectivity index (χ4v) is 2.85. The number of rotatable bonds is 5. The average molecular weight is 279 g/mol. The monoisotopic (exact) mass is 279 g/mol. The first-order chi connectivity index (χ1) is 9.55. The van der Waals surface area contributed by atoms with E-state index in [2.05, 4.69) is 18.7 Å². The molecule has 1 heterocycles. The van der Waals surface area contributed by atoms with Gasteiger partial charge in [-0.1, -0.05) is 13.8 Å². The molecule has 0 saturated carbocycles. The lowest BCUT2D eigenvalue weighted by Crippen LogP contribution is -2.21. The standard InChI is InChI=1S/C16H25NO3/c1-11(2)13-5-6-17(10-13)9-12-7-14(19-3)16(18)15(8-12)20-4/h7-8,11,13,18H,5-6,9-10H2,1-4H3. The maximum atomic E-state index is 9.93. The molecule has 0 aliphatic carbocycles. The Morgan fingerprint density at radius 2 is 1.85 bits per heavy atom. The Labute approximate surface area is 121 Å². The number of ether oxygens (including phenoxy) is 2. The van der Waals surface area contributed by atoms with Crippen LogP contribution in [-0.2, 0) is 6.54 Å². The van der Waals surface area contributed by atoms with Crippen LogP contribution < -0.4 is 9.47 Å². The molecular formula is C16H25NO3. The van der Waals surface area contributed by atoms with Gasteiger partial charge in [-0.05, 0) is 42.5 Å². The fourth-order valence-electron chi connectivity index (χ4n) is 2.85. The minimum atomic E-state index is 0.0697. The molecule has 20 heavy (non-hydrogen) atoms. The largest absolute Gasteiger partial charge is 0.502 e. The van der Waals surface area contributed by atoms with E-state index in [1.54, 1.807) is 14.2 Å². The Morgan fingerprint density at radius 1 is 1.25 bits per heavy atom. The lowest BCUT2D eigenvalue weighted by Gasteiger charge is -2.19. The molecule has 4 nitrogen and oxygen atoms in total. The average Bonchev–Trinajstić information content (AvgIpc) is 2.89. The molecule has 1 aromatic rings. The first-order valence-electron chi connectivity index (χ1n) is 7.21. The zero-order chi connectivity index (χ0) is 14.7. The zero-order valence-corrected chi connectivity index (χ0v) is 12.8. The summed E-state index contributed by atoms with van der Waals surface area (Å²) in [6.45, 7) is 7.73. The van der Waals surface area contributed by atoms with Gasteiger partial charge in [0.05, 0.1) is 14.2 Å². The van der Waals surface area contributed by atoms with Crippen LogP contribution in [0.5, 0.6) is 17.2 Å². The molecule has 0 amide bonds. The van der Waals surface area contributed by atoms with E-state index < -0.39 is 0 Å². The van der Waals surface area contributed by atoms with E-state index >= 15 is 0 Å². The van der Waals surface area contributed by atoms with E-state index in [1.807, 2.05) is 12.1 Å². The molecule has 1 saturated heterocycles. The van der Waals surface area contributed by atoms with Crippen molar-refractivity contribution >= 4 is 0 Å². The van der Waals surface area contributed by atoms with Gasteiger partial charge in [-0.3, -0.25) is 4.90 Å². The van der Waals surface area contributed by atoms with E-state index in [0.717, 1.165) is 37.0 Å². The quantitative estimate of drug-likeness (QED) is 0.900. The van der Waals surface area contributed by atoms with Gasteiger partial charge in [-0.2, -0.15) is 0 Å². The van der Waals surface area contributed by atoms with Crippen molar-refractivity contribution in [3.8, 4) is 17.2 Å². The third-order valence-corrected chi connectivity index (χ3v) is 4.20. The maximum absolute atomic E-state index is 9.93. The maximum Gasteiger partial charge on any atom is 0.200 e. The smallest absolute Gasteiger partial charge is 0.200 e. The Morgan fingerprint density at radius 3 is 2.30 bits per heavy atom. The van der Waals surface area contributed by atoms with Crippen molar-refractivity contribution in [1.82, 2.24) is 4.90 Å². The minimum Gasteiger partial charge on any atom is -0.502 e. The summed E-state index contributed by atoms with van der Waals surface area (Å²) in [6, 6.07) is 3.78. The Balaban J connectivity index is 2.10. The van der Waals surface area contributed by atoms with Crippen LogP contribution in [0.4, 0.5) is 0 Å². The van der Waals surface area contributed by atoms with Gasteiger partial charge in [0, 0.05) is 13.1 Å². The topological polar surface area (TPSA) is 41.9 Å². The minimum absolute atomic E-state index is 0.0697. The van der Waals surface area contributed by atoms with Crippen LogP contribution in [-0.4, -0.2) is 37.3 Å². The number of aromatic hydroxyl groups is 1. The van der Waals surface area contributed by atoms with Gasteiger partial charge in [0.1, 0.15) is 0 Å². The predicted molar refractivity (Wildman–Crippen MR) is 79.4 cm³/mol. The van der Waals surface area contributed by atoms with Crippen molar-refractivity contribution in [1.29, 1.82) is 0 Å². The summed E-state index contributed by atoms with van der Waals surface area (Å²) in [4.78, 5) is 2.45. The van der Waals surface area contributed by atoms with Crippen LogP contribution in [0.25, 0.3) is 0 Å². The zero-order valence-electron chi connectivity index (χ0n) is 12.8. The molecule has 1 aliphatic rings. The van der Waals surface area contributed by atoms with Gasteiger partial charge in [0.15, 0.2) is 11.5 Å². The first kappa shape index (κ1) is 15.0. The van der Waals surface area contributed by atoms with Gasteiger partial charge in [-0.15, -0.1) is 0 Å². The molecule has 1 unspecified atom stereocenters. The van der Waals surface area contributed by atoms with Crippen LogP contribution in [0.15, 0.2) is 12.1 Å². The highest BCUT2D eigenvalue weighted by molar-refractivity contribution is 5.52. The molecule has 1 aliphatic heterocycles. The van der Waals surface area contributed by atoms with Crippen LogP contribution in [0.3, 0.4) is 0 Å². The number of hydrogen-bond donors (Lipinski definition) is 1. The number of nitrogens with zero attached hydrogens (tertiary/aromatic N) is 1. The number of phenolic OH excluding ortho intramolecular Hbond substituents is 1. The highest BCUT2D eigenvalue weighted by atomic mass is 16.5. The van der Waals surface area contributed by atoms with Gasteiger partial charge in [0.2, 0.25) is 5.75 Å². The van der Waals surface area contributed by atoms with Gasteiger partial charge >= 0.3 is 0 Å². The molecule has 1 N–H and O–H groups in total. The van der Waals surface area contributed by atoms with Crippen LogP contribution in [0.1, 0.15) is 25.8 Å². The number of benzene rings is 1. The number of methoxy groups -OCH3 is 2. The van der Waals surface area contributed by atoms with Crippen molar-refractivity contribution in [2.24, 2.45) is 11.8 Å². The molecule has 1 fully saturated rings. The van der Waals surface area contributed by atoms with E-state index in [-0.39, 0.29) is 5.75 Å². The second kappa shape index (κ2) is 6.35. The van der Waals surface area contributed by atoms with Gasteiger partial charge in [0.25, 0.3) is 0 Å². The normalized spacial score (nSPS) is 19.6. The summed E-state index contributed by atoms with van der Waals surface area (Å²) in [6.07, 6.45) is 1.27. The predicted octanol–water partition coefficient (Wildman–Crippen LogP) is 2.89. The second-order valence-electron chi connectivity index (χ2n) is 5.88. The molecule has 112 valence electrons. The molecular weight excluding hydrogens is 254 g/mol. The Bertz CT molecular complexity index is 434. The molecule has 0 spiro atoms. The molecule has 0 aromatic heterocycles. The lowest BCUT2D eigenvalue weighted by molar-refractivity contribution is 0.294. The molecule has 0 radical (unpaired) electrons. The SMILES string of the molecule is COc1cc(CN2CCC(C(C)C)C2)cc(OC)c1O. The summed E-state index contributed by atoms with van der Waals surface area (Å²) in [5.41, 5.74) is 1.11. The second-order valence-corrected chi connectivity index (χ2v) is 5.88. The Kier molecular flexibility index (Phi) is 4.76. The third kappa shape index (κ3) is 3.18. The highest BCUT2D eigenvalue weighted by Gasteiger charge is 2.25. The van der Waals surface area contributed by atoms with Crippen molar-refractivity contribution in [2.45, 2.75) is 26.8 Å². The summed E-state index contributed by atoms with van der Waals surface area (Å²) in [7, 11) is 3.12. The van der Waals surface area contributed by atoms with Gasteiger partial charge < -0.3 is 14.6 Å². The Hall–Kier alpha value is -1.42. The fraction of sp³-hybridized carbons (Fsp3) is 0.625. The third-order valence-electron chi connectivity index (χ3n) is 4.20. The molecule has 0 bridgehead atoms. The van der Waals surface area contributed by atoms with Gasteiger partial charge in [-0.25, -0.2) is 0 Å². The van der Waals surface area contributed by atoms with E-state index in [1.165, 1.54) is 6.42 Å². The van der Waals surface area contributed by atoms with Crippen molar-refractivity contribution in [3.05, 3.63) is 17.7 Å². The first-order valence-corrected chi connectivity index (χ1v) is 7.21. The van der Waals surface area contributed by atoms with Crippen molar-refractivity contribution in [2.75, 3.05) is 27.3 Å². The van der Waals surface area contributed by atoms with Crippen LogP contribution in [0.2, 0.25) is 0 Å². The molecule has 1 atom stereocenters. The summed E-state index contributed by atoms with van der Waals surface area (Å²) in [5, 5.41) is 9.93. The molecule has 1 aromatic carbocycles. The van der Waals surface area contributed by atoms with Crippen LogP contribution in [0, 0.1) is 11.8 Å². The lowest BCUT2D eigenvalue weighted by atomic mass is 9.95. The summed E-state index contributed by atoms with van der Waals surface area (Å²) < 4.78 is 10.4. The van der Waals surface area contributed by atoms with E-state index in [4.69, 9.17) is 9.47 Å². The summed E-state index contributed by atoms with van der Waals surface area (Å²) >= 11 is 0. The van der Waals surface area contributed by atoms with Crippen molar-refractivity contribution < 1.29 is 14.6 Å². The summed E-state index contributed by atoms with van der Waals surface area (Å²) in [5.74, 6) is 2.54.